The molecule has 1 N–H and O–H groups in total. The molecule has 0 aliphatic rings. The second kappa shape index (κ2) is 5.80. The van der Waals surface area contributed by atoms with E-state index in [1.54, 1.807) is 0 Å². The number of rotatable bonds is 6. The first-order valence-electron chi connectivity index (χ1n) is 6.04. The Kier molecular flexibility index (Phi) is 4.12. The predicted octanol–water partition coefficient (Wildman–Crippen LogP) is 1.77. The molecule has 0 fully saturated rings. The predicted molar refractivity (Wildman–Crippen MR) is 68.1 cm³/mol. The van der Waals surface area contributed by atoms with Crippen LogP contribution in [0.5, 0.6) is 0 Å². The highest BCUT2D eigenvalue weighted by atomic mass is 16.5. The molecule has 17 heavy (non-hydrogen) atoms. The van der Waals surface area contributed by atoms with Gasteiger partial charge in [-0.25, -0.2) is 4.98 Å². The minimum absolute atomic E-state index is 0.756. The topological polar surface area (TPSA) is 38.6 Å². The third-order valence-corrected chi connectivity index (χ3v) is 2.75. The van der Waals surface area contributed by atoms with Gasteiger partial charge in [0, 0.05) is 25.9 Å². The molecular weight excluding hydrogens is 214 g/mol. The molecule has 0 saturated carbocycles. The molecule has 0 unspecified atom stereocenters. The minimum Gasteiger partial charge on any atom is -0.380 e. The van der Waals surface area contributed by atoms with Crippen LogP contribution >= 0.6 is 0 Å². The number of fused-ring (bicyclic) bond motifs is 1. The quantitative estimate of drug-likeness (QED) is 0.773. The van der Waals surface area contributed by atoms with Crippen molar-refractivity contribution in [1.29, 1.82) is 0 Å². The molecule has 0 spiro atoms. The van der Waals surface area contributed by atoms with E-state index in [1.165, 1.54) is 5.69 Å². The van der Waals surface area contributed by atoms with Crippen LogP contribution in [0, 0.1) is 6.92 Å². The van der Waals surface area contributed by atoms with Crippen molar-refractivity contribution in [3.8, 4) is 0 Å². The fourth-order valence-electron chi connectivity index (χ4n) is 1.87. The van der Waals surface area contributed by atoms with E-state index in [-0.39, 0.29) is 0 Å². The molecule has 4 nitrogen and oxygen atoms in total. The van der Waals surface area contributed by atoms with E-state index in [2.05, 4.69) is 20.9 Å². The van der Waals surface area contributed by atoms with Crippen molar-refractivity contribution in [2.45, 2.75) is 20.4 Å². The second-order valence-corrected chi connectivity index (χ2v) is 3.95. The smallest absolute Gasteiger partial charge is 0.137 e. The summed E-state index contributed by atoms with van der Waals surface area (Å²) in [5.74, 6) is 0. The zero-order valence-electron chi connectivity index (χ0n) is 10.4. The first kappa shape index (κ1) is 12.1. The molecule has 2 rings (SSSR count). The number of aryl methyl sites for hydroxylation is 1. The average Bonchev–Trinajstić information content (AvgIpc) is 2.65. The summed E-state index contributed by atoms with van der Waals surface area (Å²) >= 11 is 0. The zero-order chi connectivity index (χ0) is 12.1. The van der Waals surface area contributed by atoms with Gasteiger partial charge in [0.05, 0.1) is 18.0 Å². The molecule has 0 bridgehead atoms. The van der Waals surface area contributed by atoms with Gasteiger partial charge in [-0.1, -0.05) is 6.07 Å². The Morgan fingerprint density at radius 3 is 3.12 bits per heavy atom. The lowest BCUT2D eigenvalue weighted by molar-refractivity contribution is 0.149. The molecule has 0 amide bonds. The maximum Gasteiger partial charge on any atom is 0.137 e. The van der Waals surface area contributed by atoms with E-state index >= 15 is 0 Å². The number of pyridine rings is 1. The Labute approximate surface area is 102 Å². The lowest BCUT2D eigenvalue weighted by Crippen LogP contribution is -2.20. The number of nitrogens with zero attached hydrogens (tertiary/aromatic N) is 2. The normalized spacial score (nSPS) is 11.2. The van der Waals surface area contributed by atoms with Gasteiger partial charge in [0.2, 0.25) is 0 Å². The van der Waals surface area contributed by atoms with Crippen molar-refractivity contribution < 1.29 is 4.74 Å². The largest absolute Gasteiger partial charge is 0.380 e. The van der Waals surface area contributed by atoms with E-state index in [4.69, 9.17) is 4.74 Å². The first-order valence-corrected chi connectivity index (χ1v) is 6.04. The van der Waals surface area contributed by atoms with Gasteiger partial charge in [0.1, 0.15) is 5.65 Å². The van der Waals surface area contributed by atoms with Crippen molar-refractivity contribution in [3.63, 3.8) is 0 Å². The maximum atomic E-state index is 5.29. The molecule has 0 aromatic carbocycles. The first-order chi connectivity index (χ1) is 8.33. The molecule has 0 radical (unpaired) electrons. The molecule has 2 aromatic heterocycles. The summed E-state index contributed by atoms with van der Waals surface area (Å²) in [7, 11) is 0. The van der Waals surface area contributed by atoms with Crippen LogP contribution < -0.4 is 5.32 Å². The van der Waals surface area contributed by atoms with Crippen molar-refractivity contribution >= 4 is 5.65 Å². The highest BCUT2D eigenvalue weighted by Crippen LogP contribution is 2.10. The monoisotopic (exact) mass is 233 g/mol. The SMILES string of the molecule is CCOCCNCc1c(C)nc2ccccn12. The van der Waals surface area contributed by atoms with Crippen LogP contribution in [0.3, 0.4) is 0 Å². The summed E-state index contributed by atoms with van der Waals surface area (Å²) in [4.78, 5) is 4.52. The van der Waals surface area contributed by atoms with E-state index in [0.717, 1.165) is 37.6 Å². The third kappa shape index (κ3) is 2.84. The van der Waals surface area contributed by atoms with Gasteiger partial charge in [0.15, 0.2) is 0 Å². The van der Waals surface area contributed by atoms with Crippen molar-refractivity contribution in [2.75, 3.05) is 19.8 Å². The highest BCUT2D eigenvalue weighted by Gasteiger charge is 2.06. The molecule has 0 saturated heterocycles. The fraction of sp³-hybridized carbons (Fsp3) is 0.462. The number of imidazole rings is 1. The molecular formula is C13H19N3O. The molecule has 0 atom stereocenters. The lowest BCUT2D eigenvalue weighted by atomic mass is 10.3. The zero-order valence-corrected chi connectivity index (χ0v) is 10.4. The summed E-state index contributed by atoms with van der Waals surface area (Å²) in [5, 5.41) is 3.37. The van der Waals surface area contributed by atoms with Crippen LogP contribution in [0.2, 0.25) is 0 Å². The summed E-state index contributed by atoms with van der Waals surface area (Å²) < 4.78 is 7.41. The number of hydrogen-bond donors (Lipinski definition) is 1. The Morgan fingerprint density at radius 1 is 1.41 bits per heavy atom. The third-order valence-electron chi connectivity index (χ3n) is 2.75. The van der Waals surface area contributed by atoms with Gasteiger partial charge in [-0.05, 0) is 26.0 Å². The van der Waals surface area contributed by atoms with Crippen LogP contribution in [0.15, 0.2) is 24.4 Å². The van der Waals surface area contributed by atoms with Crippen LogP contribution in [0.4, 0.5) is 0 Å². The van der Waals surface area contributed by atoms with Crippen molar-refractivity contribution in [3.05, 3.63) is 35.8 Å². The Morgan fingerprint density at radius 2 is 2.29 bits per heavy atom. The molecule has 92 valence electrons. The fourth-order valence-corrected chi connectivity index (χ4v) is 1.87. The second-order valence-electron chi connectivity index (χ2n) is 3.95. The van der Waals surface area contributed by atoms with Gasteiger partial charge in [0.25, 0.3) is 0 Å². The highest BCUT2D eigenvalue weighted by molar-refractivity contribution is 5.42. The Bertz CT molecular complexity index is 478. The van der Waals surface area contributed by atoms with Crippen LogP contribution in [0.25, 0.3) is 5.65 Å². The minimum atomic E-state index is 0.756. The average molecular weight is 233 g/mol. The van der Waals surface area contributed by atoms with Crippen molar-refractivity contribution in [1.82, 2.24) is 14.7 Å². The standard InChI is InChI=1S/C13H19N3O/c1-3-17-9-7-14-10-12-11(2)15-13-6-4-5-8-16(12)13/h4-6,8,14H,3,7,9-10H2,1-2H3. The summed E-state index contributed by atoms with van der Waals surface area (Å²) in [5.41, 5.74) is 3.31. The molecule has 4 heteroatoms. The number of hydrogen-bond acceptors (Lipinski definition) is 3. The van der Waals surface area contributed by atoms with E-state index < -0.39 is 0 Å². The number of ether oxygens (including phenoxy) is 1. The van der Waals surface area contributed by atoms with Crippen LogP contribution in [-0.2, 0) is 11.3 Å². The van der Waals surface area contributed by atoms with Gasteiger partial charge in [-0.15, -0.1) is 0 Å². The maximum absolute atomic E-state index is 5.29. The molecule has 2 heterocycles. The summed E-state index contributed by atoms with van der Waals surface area (Å²) in [6, 6.07) is 6.06. The summed E-state index contributed by atoms with van der Waals surface area (Å²) in [6.45, 7) is 7.28. The molecule has 0 aliphatic carbocycles. The number of nitrogens with one attached hydrogen (secondary N) is 1. The van der Waals surface area contributed by atoms with Gasteiger partial charge in [-0.2, -0.15) is 0 Å². The van der Waals surface area contributed by atoms with E-state index in [0.29, 0.717) is 0 Å². The molecule has 0 aliphatic heterocycles. The van der Waals surface area contributed by atoms with Crippen molar-refractivity contribution in [2.24, 2.45) is 0 Å². The van der Waals surface area contributed by atoms with Crippen LogP contribution in [-0.4, -0.2) is 29.1 Å². The van der Waals surface area contributed by atoms with E-state index in [9.17, 15) is 0 Å². The Balaban J connectivity index is 2.00. The van der Waals surface area contributed by atoms with Gasteiger partial charge < -0.3 is 14.5 Å². The molecule has 2 aromatic rings. The van der Waals surface area contributed by atoms with Gasteiger partial charge >= 0.3 is 0 Å². The van der Waals surface area contributed by atoms with Crippen LogP contribution in [0.1, 0.15) is 18.3 Å². The van der Waals surface area contributed by atoms with Gasteiger partial charge in [-0.3, -0.25) is 0 Å². The summed E-state index contributed by atoms with van der Waals surface area (Å²) in [6.07, 6.45) is 2.05. The Hall–Kier alpha value is -1.39. The lowest BCUT2D eigenvalue weighted by Gasteiger charge is -2.05. The van der Waals surface area contributed by atoms with E-state index in [1.807, 2.05) is 32.0 Å². The number of aromatic nitrogens is 2.